The van der Waals surface area contributed by atoms with Gasteiger partial charge in [0.15, 0.2) is 6.29 Å². The first-order valence-corrected chi connectivity index (χ1v) is 5.51. The lowest BCUT2D eigenvalue weighted by molar-refractivity contribution is -0.147. The third kappa shape index (κ3) is 4.54. The third-order valence-electron chi connectivity index (χ3n) is 2.56. The van der Waals surface area contributed by atoms with Crippen molar-refractivity contribution < 1.29 is 14.3 Å². The summed E-state index contributed by atoms with van der Waals surface area (Å²) in [5, 5.41) is 0. The molecule has 0 aromatic heterocycles. The van der Waals surface area contributed by atoms with Gasteiger partial charge >= 0.3 is 0 Å². The van der Waals surface area contributed by atoms with Crippen LogP contribution < -0.4 is 0 Å². The third-order valence-corrected chi connectivity index (χ3v) is 2.56. The van der Waals surface area contributed by atoms with Gasteiger partial charge in [-0.3, -0.25) is 4.79 Å². The summed E-state index contributed by atoms with van der Waals surface area (Å²) in [6.07, 6.45) is -0.239. The van der Waals surface area contributed by atoms with Crippen molar-refractivity contribution in [2.24, 2.45) is 0 Å². The Hall–Kier alpha value is -1.39. The van der Waals surface area contributed by atoms with Crippen LogP contribution in [0, 0.1) is 0 Å². The Morgan fingerprint density at radius 3 is 2.35 bits per heavy atom. The molecule has 0 heterocycles. The van der Waals surface area contributed by atoms with E-state index in [0.717, 1.165) is 5.56 Å². The van der Waals surface area contributed by atoms with Crippen molar-refractivity contribution in [3.05, 3.63) is 35.9 Å². The standard InChI is InChI=1S/C13H19NO3/c1-14(10-11-7-5-4-6-8-11)12(15)9-13(16-2)17-3/h4-8,13H,9-10H2,1-3H3. The van der Waals surface area contributed by atoms with E-state index in [1.54, 1.807) is 11.9 Å². The minimum atomic E-state index is -0.472. The van der Waals surface area contributed by atoms with Crippen LogP contribution in [0.2, 0.25) is 0 Å². The second kappa shape index (κ2) is 7.04. The second-order valence-corrected chi connectivity index (χ2v) is 3.84. The molecule has 4 nitrogen and oxygen atoms in total. The lowest BCUT2D eigenvalue weighted by Gasteiger charge is -2.20. The summed E-state index contributed by atoms with van der Waals surface area (Å²) >= 11 is 0. The van der Waals surface area contributed by atoms with Crippen LogP contribution >= 0.6 is 0 Å². The quantitative estimate of drug-likeness (QED) is 0.706. The lowest BCUT2D eigenvalue weighted by Crippen LogP contribution is -2.30. The molecule has 17 heavy (non-hydrogen) atoms. The molecule has 0 atom stereocenters. The highest BCUT2D eigenvalue weighted by atomic mass is 16.7. The molecule has 0 unspecified atom stereocenters. The van der Waals surface area contributed by atoms with Gasteiger partial charge in [0.2, 0.25) is 5.91 Å². The normalized spacial score (nSPS) is 10.6. The Bertz CT molecular complexity index is 336. The van der Waals surface area contributed by atoms with Gasteiger partial charge in [-0.25, -0.2) is 0 Å². The Balaban J connectivity index is 2.47. The van der Waals surface area contributed by atoms with Crippen molar-refractivity contribution in [2.75, 3.05) is 21.3 Å². The lowest BCUT2D eigenvalue weighted by atomic mass is 10.2. The molecule has 0 radical (unpaired) electrons. The maximum absolute atomic E-state index is 11.8. The first kappa shape index (κ1) is 13.7. The summed E-state index contributed by atoms with van der Waals surface area (Å²) in [6, 6.07) is 9.86. The molecule has 0 aliphatic carbocycles. The van der Waals surface area contributed by atoms with Crippen molar-refractivity contribution in [3.63, 3.8) is 0 Å². The van der Waals surface area contributed by atoms with Crippen molar-refractivity contribution >= 4 is 5.91 Å². The van der Waals surface area contributed by atoms with E-state index < -0.39 is 6.29 Å². The first-order chi connectivity index (χ1) is 8.17. The highest BCUT2D eigenvalue weighted by Gasteiger charge is 2.15. The fourth-order valence-electron chi connectivity index (χ4n) is 1.51. The van der Waals surface area contributed by atoms with E-state index in [-0.39, 0.29) is 12.3 Å². The molecule has 1 rings (SSSR count). The van der Waals surface area contributed by atoms with Gasteiger partial charge in [-0.2, -0.15) is 0 Å². The molecule has 0 aliphatic rings. The van der Waals surface area contributed by atoms with E-state index in [9.17, 15) is 4.79 Å². The Kier molecular flexibility index (Phi) is 5.66. The number of hydrogen-bond donors (Lipinski definition) is 0. The SMILES string of the molecule is COC(CC(=O)N(C)Cc1ccccc1)OC. The summed E-state index contributed by atoms with van der Waals surface area (Å²) in [4.78, 5) is 13.5. The highest BCUT2D eigenvalue weighted by Crippen LogP contribution is 2.06. The molecule has 94 valence electrons. The first-order valence-electron chi connectivity index (χ1n) is 5.51. The Labute approximate surface area is 102 Å². The number of ether oxygens (including phenoxy) is 2. The van der Waals surface area contributed by atoms with E-state index in [0.29, 0.717) is 6.54 Å². The smallest absolute Gasteiger partial charge is 0.227 e. The molecule has 0 N–H and O–H groups in total. The van der Waals surface area contributed by atoms with Crippen LogP contribution in [-0.4, -0.2) is 38.4 Å². The molecule has 1 amide bonds. The molecule has 0 saturated carbocycles. The van der Waals surface area contributed by atoms with E-state index in [1.807, 2.05) is 30.3 Å². The van der Waals surface area contributed by atoms with Crippen LogP contribution in [-0.2, 0) is 20.8 Å². The number of carbonyl (C=O) groups is 1. The van der Waals surface area contributed by atoms with Crippen LogP contribution in [0.1, 0.15) is 12.0 Å². The molecule has 4 heteroatoms. The molecule has 0 saturated heterocycles. The fourth-order valence-corrected chi connectivity index (χ4v) is 1.51. The number of hydrogen-bond acceptors (Lipinski definition) is 3. The minimum absolute atomic E-state index is 0.00236. The van der Waals surface area contributed by atoms with Crippen LogP contribution in [0.25, 0.3) is 0 Å². The highest BCUT2D eigenvalue weighted by molar-refractivity contribution is 5.76. The molecular weight excluding hydrogens is 218 g/mol. The van der Waals surface area contributed by atoms with Gasteiger partial charge in [0.25, 0.3) is 0 Å². The topological polar surface area (TPSA) is 38.8 Å². The molecule has 0 aliphatic heterocycles. The number of benzene rings is 1. The van der Waals surface area contributed by atoms with Gasteiger partial charge in [-0.1, -0.05) is 30.3 Å². The van der Waals surface area contributed by atoms with Gasteiger partial charge in [0.05, 0.1) is 6.42 Å². The zero-order valence-electron chi connectivity index (χ0n) is 10.6. The van der Waals surface area contributed by atoms with Crippen molar-refractivity contribution in [1.82, 2.24) is 4.90 Å². The van der Waals surface area contributed by atoms with E-state index in [2.05, 4.69) is 0 Å². The van der Waals surface area contributed by atoms with Gasteiger partial charge < -0.3 is 14.4 Å². The molecule has 0 fully saturated rings. The number of nitrogens with zero attached hydrogens (tertiary/aromatic N) is 1. The number of rotatable bonds is 6. The summed E-state index contributed by atoms with van der Waals surface area (Å²) in [6.45, 7) is 0.597. The van der Waals surface area contributed by atoms with Gasteiger partial charge in [-0.15, -0.1) is 0 Å². The van der Waals surface area contributed by atoms with Crippen molar-refractivity contribution in [3.8, 4) is 0 Å². The average Bonchev–Trinajstić information content (AvgIpc) is 2.36. The minimum Gasteiger partial charge on any atom is -0.355 e. The van der Waals surface area contributed by atoms with Crippen LogP contribution in [0.5, 0.6) is 0 Å². The number of methoxy groups -OCH3 is 2. The molecule has 1 aromatic carbocycles. The van der Waals surface area contributed by atoms with E-state index in [4.69, 9.17) is 9.47 Å². The van der Waals surface area contributed by atoms with Crippen LogP contribution in [0.3, 0.4) is 0 Å². The van der Waals surface area contributed by atoms with E-state index >= 15 is 0 Å². The maximum atomic E-state index is 11.8. The fraction of sp³-hybridized carbons (Fsp3) is 0.462. The summed E-state index contributed by atoms with van der Waals surface area (Å²) < 4.78 is 10.0. The molecule has 0 spiro atoms. The largest absolute Gasteiger partial charge is 0.355 e. The second-order valence-electron chi connectivity index (χ2n) is 3.84. The average molecular weight is 237 g/mol. The maximum Gasteiger partial charge on any atom is 0.227 e. The van der Waals surface area contributed by atoms with Gasteiger partial charge in [0, 0.05) is 27.8 Å². The van der Waals surface area contributed by atoms with Crippen molar-refractivity contribution in [2.45, 2.75) is 19.3 Å². The predicted molar refractivity (Wildman–Crippen MR) is 65.3 cm³/mol. The summed E-state index contributed by atoms with van der Waals surface area (Å²) in [5.41, 5.74) is 1.11. The monoisotopic (exact) mass is 237 g/mol. The van der Waals surface area contributed by atoms with Crippen LogP contribution in [0.15, 0.2) is 30.3 Å². The molecular formula is C13H19NO3. The predicted octanol–water partition coefficient (Wildman–Crippen LogP) is 1.65. The molecule has 1 aromatic rings. The zero-order chi connectivity index (χ0) is 12.7. The van der Waals surface area contributed by atoms with Crippen molar-refractivity contribution in [1.29, 1.82) is 0 Å². The van der Waals surface area contributed by atoms with Gasteiger partial charge in [-0.05, 0) is 5.56 Å². The zero-order valence-corrected chi connectivity index (χ0v) is 10.6. The summed E-state index contributed by atoms with van der Waals surface area (Å²) in [5.74, 6) is 0.00236. The molecule has 0 bridgehead atoms. The van der Waals surface area contributed by atoms with Gasteiger partial charge in [0.1, 0.15) is 0 Å². The number of carbonyl (C=O) groups excluding carboxylic acids is 1. The Morgan fingerprint density at radius 1 is 1.24 bits per heavy atom. The summed E-state index contributed by atoms with van der Waals surface area (Å²) in [7, 11) is 4.83. The Morgan fingerprint density at radius 2 is 1.82 bits per heavy atom. The van der Waals surface area contributed by atoms with Crippen LogP contribution in [0.4, 0.5) is 0 Å². The number of amides is 1. The van der Waals surface area contributed by atoms with E-state index in [1.165, 1.54) is 14.2 Å².